The molecule has 1 fully saturated rings. The minimum Gasteiger partial charge on any atom is -0.368 e. The molecule has 0 unspecified atom stereocenters. The fourth-order valence-corrected chi connectivity index (χ4v) is 1.24. The van der Waals surface area contributed by atoms with Crippen molar-refractivity contribution in [2.45, 2.75) is 31.8 Å². The van der Waals surface area contributed by atoms with Crippen LogP contribution in [0.2, 0.25) is 0 Å². The molecular weight excluding hydrogens is 144 g/mol. The minimum atomic E-state index is -0.386. The lowest BCUT2D eigenvalue weighted by Crippen LogP contribution is -2.31. The summed E-state index contributed by atoms with van der Waals surface area (Å²) in [5.41, 5.74) is 7.45. The summed E-state index contributed by atoms with van der Waals surface area (Å²) in [4.78, 5) is 15.4. The van der Waals surface area contributed by atoms with Gasteiger partial charge in [-0.05, 0) is 12.8 Å². The van der Waals surface area contributed by atoms with Gasteiger partial charge in [-0.15, -0.1) is 0 Å². The molecule has 0 aromatic carbocycles. The topological polar surface area (TPSA) is 64.4 Å². The lowest BCUT2D eigenvalue weighted by atomic mass is 10.3. The van der Waals surface area contributed by atoms with Gasteiger partial charge in [-0.25, -0.2) is 0 Å². The van der Waals surface area contributed by atoms with E-state index in [1.54, 1.807) is 0 Å². The third-order valence-electron chi connectivity index (χ3n) is 1.80. The van der Waals surface area contributed by atoms with Crippen LogP contribution in [0, 0.1) is 0 Å². The lowest BCUT2D eigenvalue weighted by Gasteiger charge is -2.09. The van der Waals surface area contributed by atoms with E-state index >= 15 is 0 Å². The zero-order chi connectivity index (χ0) is 8.10. The van der Waals surface area contributed by atoms with Crippen molar-refractivity contribution >= 4 is 5.91 Å². The summed E-state index contributed by atoms with van der Waals surface area (Å²) in [5, 5.41) is 0. The number of nitrogens with one attached hydrogen (secondary N) is 1. The fraction of sp³-hybridized carbons (Fsp3) is 0.857. The van der Waals surface area contributed by atoms with Gasteiger partial charge in [0, 0.05) is 0 Å². The largest absolute Gasteiger partial charge is 0.368 e. The van der Waals surface area contributed by atoms with Gasteiger partial charge in [0.15, 0.2) is 0 Å². The number of primary amides is 1. The number of carbonyl (C=O) groups is 1. The Morgan fingerprint density at radius 2 is 2.18 bits per heavy atom. The van der Waals surface area contributed by atoms with Crippen molar-refractivity contribution in [3.05, 3.63) is 0 Å². The molecule has 0 aliphatic heterocycles. The molecule has 4 nitrogen and oxygen atoms in total. The first-order valence-electron chi connectivity index (χ1n) is 3.96. The Hall–Kier alpha value is -0.610. The van der Waals surface area contributed by atoms with Gasteiger partial charge in [-0.3, -0.25) is 9.63 Å². The van der Waals surface area contributed by atoms with E-state index in [4.69, 9.17) is 10.6 Å². The van der Waals surface area contributed by atoms with Crippen LogP contribution in [-0.2, 0) is 9.63 Å². The average Bonchev–Trinajstić information content (AvgIpc) is 2.39. The Balaban J connectivity index is 1.98. The van der Waals surface area contributed by atoms with Crippen LogP contribution in [0.4, 0.5) is 0 Å². The molecule has 0 bridgehead atoms. The summed E-state index contributed by atoms with van der Waals surface area (Å²) >= 11 is 0. The smallest absolute Gasteiger partial charge is 0.233 e. The summed E-state index contributed by atoms with van der Waals surface area (Å²) in [6.45, 7) is 0.108. The number of amides is 1. The summed E-state index contributed by atoms with van der Waals surface area (Å²) in [6, 6.07) is 0. The first-order valence-corrected chi connectivity index (χ1v) is 3.96. The van der Waals surface area contributed by atoms with Gasteiger partial charge in [-0.1, -0.05) is 12.8 Å². The Morgan fingerprint density at radius 3 is 2.73 bits per heavy atom. The number of hydrogen-bond acceptors (Lipinski definition) is 3. The van der Waals surface area contributed by atoms with E-state index in [0.29, 0.717) is 0 Å². The molecule has 11 heavy (non-hydrogen) atoms. The maximum absolute atomic E-state index is 10.3. The Morgan fingerprint density at radius 1 is 1.55 bits per heavy atom. The van der Waals surface area contributed by atoms with Crippen LogP contribution in [0.5, 0.6) is 0 Å². The molecule has 1 aliphatic carbocycles. The van der Waals surface area contributed by atoms with Crippen LogP contribution >= 0.6 is 0 Å². The monoisotopic (exact) mass is 158 g/mol. The first-order chi connectivity index (χ1) is 5.29. The molecule has 64 valence electrons. The summed E-state index contributed by atoms with van der Waals surface area (Å²) in [7, 11) is 0. The second-order valence-corrected chi connectivity index (χ2v) is 2.81. The molecule has 1 saturated carbocycles. The van der Waals surface area contributed by atoms with Gasteiger partial charge in [0.1, 0.15) is 0 Å². The summed E-state index contributed by atoms with van der Waals surface area (Å²) in [6.07, 6.45) is 4.91. The van der Waals surface area contributed by atoms with E-state index in [2.05, 4.69) is 5.48 Å². The summed E-state index contributed by atoms with van der Waals surface area (Å²) < 4.78 is 0. The second-order valence-electron chi connectivity index (χ2n) is 2.81. The van der Waals surface area contributed by atoms with Crippen LogP contribution in [0.15, 0.2) is 0 Å². The van der Waals surface area contributed by atoms with Crippen molar-refractivity contribution in [3.63, 3.8) is 0 Å². The van der Waals surface area contributed by atoms with Crippen molar-refractivity contribution in [2.24, 2.45) is 5.73 Å². The normalized spacial score (nSPS) is 18.9. The van der Waals surface area contributed by atoms with Gasteiger partial charge in [0.2, 0.25) is 5.91 Å². The molecular formula is C7H14N2O2. The Bertz CT molecular complexity index is 132. The third-order valence-corrected chi connectivity index (χ3v) is 1.80. The molecule has 1 aliphatic rings. The quantitative estimate of drug-likeness (QED) is 0.563. The maximum Gasteiger partial charge on any atom is 0.233 e. The highest BCUT2D eigenvalue weighted by Gasteiger charge is 2.15. The predicted molar refractivity (Wildman–Crippen MR) is 40.5 cm³/mol. The minimum absolute atomic E-state index is 0.108. The average molecular weight is 158 g/mol. The molecule has 0 saturated heterocycles. The van der Waals surface area contributed by atoms with Crippen molar-refractivity contribution in [2.75, 3.05) is 6.54 Å². The Labute approximate surface area is 66.0 Å². The van der Waals surface area contributed by atoms with E-state index in [1.165, 1.54) is 12.8 Å². The van der Waals surface area contributed by atoms with Crippen LogP contribution < -0.4 is 11.2 Å². The fourth-order valence-electron chi connectivity index (χ4n) is 1.24. The molecule has 0 aromatic rings. The van der Waals surface area contributed by atoms with Crippen LogP contribution in [0.1, 0.15) is 25.7 Å². The lowest BCUT2D eigenvalue weighted by molar-refractivity contribution is -0.121. The van der Waals surface area contributed by atoms with Gasteiger partial charge in [-0.2, -0.15) is 5.48 Å². The number of carbonyl (C=O) groups excluding carboxylic acids is 1. The maximum atomic E-state index is 10.3. The number of rotatable bonds is 4. The van der Waals surface area contributed by atoms with Gasteiger partial charge < -0.3 is 5.73 Å². The van der Waals surface area contributed by atoms with Crippen LogP contribution in [0.3, 0.4) is 0 Å². The predicted octanol–water partition coefficient (Wildman–Crippen LogP) is -0.0645. The zero-order valence-electron chi connectivity index (χ0n) is 6.51. The third kappa shape index (κ3) is 3.34. The molecule has 4 heteroatoms. The molecule has 0 atom stereocenters. The zero-order valence-corrected chi connectivity index (χ0v) is 6.51. The van der Waals surface area contributed by atoms with Crippen LogP contribution in [-0.4, -0.2) is 18.6 Å². The summed E-state index contributed by atoms with van der Waals surface area (Å²) in [5.74, 6) is -0.386. The number of hydrogen-bond donors (Lipinski definition) is 2. The van der Waals surface area contributed by atoms with Crippen molar-refractivity contribution in [1.29, 1.82) is 0 Å². The molecule has 1 rings (SSSR count). The Kier molecular flexibility index (Phi) is 3.32. The standard InChI is InChI=1S/C7H14N2O2/c8-7(10)5-9-11-6-3-1-2-4-6/h6,9H,1-5H2,(H2,8,10). The van der Waals surface area contributed by atoms with Gasteiger partial charge >= 0.3 is 0 Å². The number of hydroxylamine groups is 1. The highest BCUT2D eigenvalue weighted by Crippen LogP contribution is 2.19. The van der Waals surface area contributed by atoms with E-state index in [-0.39, 0.29) is 18.6 Å². The molecule has 0 spiro atoms. The van der Waals surface area contributed by atoms with E-state index in [1.807, 2.05) is 0 Å². The molecule has 0 heterocycles. The second kappa shape index (κ2) is 4.31. The van der Waals surface area contributed by atoms with E-state index < -0.39 is 0 Å². The highest BCUT2D eigenvalue weighted by atomic mass is 16.7. The molecule has 1 amide bonds. The van der Waals surface area contributed by atoms with Crippen molar-refractivity contribution < 1.29 is 9.63 Å². The van der Waals surface area contributed by atoms with E-state index in [0.717, 1.165) is 12.8 Å². The van der Waals surface area contributed by atoms with Gasteiger partial charge in [0.05, 0.1) is 12.6 Å². The van der Waals surface area contributed by atoms with Gasteiger partial charge in [0.25, 0.3) is 0 Å². The van der Waals surface area contributed by atoms with E-state index in [9.17, 15) is 4.79 Å². The number of nitrogens with two attached hydrogens (primary N) is 1. The molecule has 3 N–H and O–H groups in total. The van der Waals surface area contributed by atoms with Crippen molar-refractivity contribution in [1.82, 2.24) is 5.48 Å². The SMILES string of the molecule is NC(=O)CNOC1CCCC1. The first kappa shape index (κ1) is 8.49. The molecule has 0 aromatic heterocycles. The van der Waals surface area contributed by atoms with Crippen molar-refractivity contribution in [3.8, 4) is 0 Å². The van der Waals surface area contributed by atoms with Crippen LogP contribution in [0.25, 0.3) is 0 Å². The highest BCUT2D eigenvalue weighted by molar-refractivity contribution is 5.75. The molecule has 0 radical (unpaired) electrons.